The third-order valence-corrected chi connectivity index (χ3v) is 4.01. The van der Waals surface area contributed by atoms with Crippen molar-refractivity contribution in [2.45, 2.75) is 39.7 Å². The molecule has 2 aromatic rings. The van der Waals surface area contributed by atoms with Crippen molar-refractivity contribution in [3.63, 3.8) is 0 Å². The van der Waals surface area contributed by atoms with Gasteiger partial charge >= 0.3 is 0 Å². The van der Waals surface area contributed by atoms with Crippen molar-refractivity contribution in [2.24, 2.45) is 0 Å². The number of nitrogens with one attached hydrogen (secondary N) is 2. The fraction of sp³-hybridized carbons (Fsp3) is 0.350. The normalized spacial score (nSPS) is 11.6. The number of hydrogen-bond donors (Lipinski definition) is 2. The molecule has 24 heavy (non-hydrogen) atoms. The number of thiocarbonyl (C=S) groups is 1. The quantitative estimate of drug-likeness (QED) is 0.687. The average molecular weight is 343 g/mol. The molecule has 0 spiro atoms. The highest BCUT2D eigenvalue weighted by molar-refractivity contribution is 7.80. The van der Waals surface area contributed by atoms with E-state index >= 15 is 0 Å². The molecule has 0 saturated carbocycles. The smallest absolute Gasteiger partial charge is 0.171 e. The lowest BCUT2D eigenvalue weighted by atomic mass is 10.0. The average Bonchev–Trinajstić information content (AvgIpc) is 2.58. The number of ether oxygens (including phenoxy) is 1. The zero-order valence-corrected chi connectivity index (χ0v) is 15.5. The molecular weight excluding hydrogens is 316 g/mol. The van der Waals surface area contributed by atoms with Gasteiger partial charge in [-0.2, -0.15) is 0 Å². The van der Waals surface area contributed by atoms with Gasteiger partial charge in [0.1, 0.15) is 5.75 Å². The molecule has 4 heteroatoms. The van der Waals surface area contributed by atoms with Crippen LogP contribution in [0.5, 0.6) is 5.75 Å². The Kier molecular flexibility index (Phi) is 7.07. The van der Waals surface area contributed by atoms with Gasteiger partial charge < -0.3 is 15.4 Å². The van der Waals surface area contributed by atoms with Crippen LogP contribution in [0.3, 0.4) is 0 Å². The monoisotopic (exact) mass is 342 g/mol. The van der Waals surface area contributed by atoms with E-state index in [-0.39, 0.29) is 6.04 Å². The first-order chi connectivity index (χ1) is 11.6. The molecular formula is C20H26N2OS. The maximum Gasteiger partial charge on any atom is 0.171 e. The van der Waals surface area contributed by atoms with Crippen LogP contribution in [0.4, 0.5) is 5.69 Å². The molecule has 0 fully saturated rings. The number of rotatable bonds is 7. The summed E-state index contributed by atoms with van der Waals surface area (Å²) in [5.41, 5.74) is 3.55. The summed E-state index contributed by atoms with van der Waals surface area (Å²) in [5.74, 6) is 0.863. The Labute approximate surface area is 150 Å². The Morgan fingerprint density at radius 3 is 2.29 bits per heavy atom. The van der Waals surface area contributed by atoms with E-state index in [0.29, 0.717) is 11.7 Å². The van der Waals surface area contributed by atoms with E-state index in [2.05, 4.69) is 48.7 Å². The van der Waals surface area contributed by atoms with E-state index in [4.69, 9.17) is 17.0 Å². The molecule has 0 radical (unpaired) electrons. The second-order valence-corrected chi connectivity index (χ2v) is 6.18. The summed E-state index contributed by atoms with van der Waals surface area (Å²) < 4.78 is 5.44. The van der Waals surface area contributed by atoms with Gasteiger partial charge in [-0.05, 0) is 67.9 Å². The molecule has 2 rings (SSSR count). The van der Waals surface area contributed by atoms with E-state index in [1.807, 2.05) is 31.2 Å². The molecule has 3 nitrogen and oxygen atoms in total. The molecule has 1 unspecified atom stereocenters. The minimum absolute atomic E-state index is 0.156. The number of aryl methyl sites for hydroxylation is 1. The number of hydrogen-bond acceptors (Lipinski definition) is 2. The highest BCUT2D eigenvalue weighted by Crippen LogP contribution is 2.17. The Bertz CT molecular complexity index is 638. The third kappa shape index (κ3) is 5.53. The molecule has 0 saturated heterocycles. The lowest BCUT2D eigenvalue weighted by Crippen LogP contribution is -2.30. The van der Waals surface area contributed by atoms with E-state index < -0.39 is 0 Å². The van der Waals surface area contributed by atoms with Crippen molar-refractivity contribution in [1.82, 2.24) is 5.32 Å². The van der Waals surface area contributed by atoms with E-state index in [9.17, 15) is 0 Å². The van der Waals surface area contributed by atoms with Gasteiger partial charge in [0.15, 0.2) is 5.11 Å². The molecule has 2 N–H and O–H groups in total. The van der Waals surface area contributed by atoms with Crippen LogP contribution in [0.2, 0.25) is 0 Å². The SMILES string of the molecule is CCCc1ccc(C(C)NC(=S)Nc2ccc(OCC)cc2)cc1. The number of benzene rings is 2. The van der Waals surface area contributed by atoms with Crippen molar-refractivity contribution in [1.29, 1.82) is 0 Å². The lowest BCUT2D eigenvalue weighted by Gasteiger charge is -2.18. The minimum Gasteiger partial charge on any atom is -0.494 e. The largest absolute Gasteiger partial charge is 0.494 e. The lowest BCUT2D eigenvalue weighted by molar-refractivity contribution is 0.340. The van der Waals surface area contributed by atoms with Crippen LogP contribution >= 0.6 is 12.2 Å². The predicted molar refractivity (Wildman–Crippen MR) is 106 cm³/mol. The molecule has 0 aliphatic rings. The summed E-state index contributed by atoms with van der Waals surface area (Å²) in [4.78, 5) is 0. The standard InChI is InChI=1S/C20H26N2OS/c1-4-6-16-7-9-17(10-8-16)15(3)21-20(24)22-18-11-13-19(14-12-18)23-5-2/h7-15H,4-6H2,1-3H3,(H2,21,22,24). The van der Waals surface area contributed by atoms with E-state index in [1.165, 1.54) is 17.5 Å². The van der Waals surface area contributed by atoms with Crippen molar-refractivity contribution in [3.8, 4) is 5.75 Å². The Hall–Kier alpha value is -2.07. The van der Waals surface area contributed by atoms with Gasteiger partial charge in [0.25, 0.3) is 0 Å². The molecule has 0 aliphatic heterocycles. The van der Waals surface area contributed by atoms with Gasteiger partial charge in [-0.3, -0.25) is 0 Å². The molecule has 0 amide bonds. The fourth-order valence-electron chi connectivity index (χ4n) is 2.51. The van der Waals surface area contributed by atoms with Crippen LogP contribution in [0.15, 0.2) is 48.5 Å². The van der Waals surface area contributed by atoms with Crippen molar-refractivity contribution in [2.75, 3.05) is 11.9 Å². The topological polar surface area (TPSA) is 33.3 Å². The third-order valence-electron chi connectivity index (χ3n) is 3.79. The van der Waals surface area contributed by atoms with Crippen LogP contribution in [0.1, 0.15) is 44.4 Å². The van der Waals surface area contributed by atoms with Gasteiger partial charge in [-0.15, -0.1) is 0 Å². The van der Waals surface area contributed by atoms with E-state index in [1.54, 1.807) is 0 Å². The first-order valence-corrected chi connectivity index (χ1v) is 8.92. The summed E-state index contributed by atoms with van der Waals surface area (Å²) in [6, 6.07) is 16.7. The highest BCUT2D eigenvalue weighted by Gasteiger charge is 2.07. The maximum absolute atomic E-state index is 5.44. The summed E-state index contributed by atoms with van der Waals surface area (Å²) in [6.07, 6.45) is 2.29. The maximum atomic E-state index is 5.44. The summed E-state index contributed by atoms with van der Waals surface area (Å²) in [6.45, 7) is 6.95. The molecule has 0 aliphatic carbocycles. The Balaban J connectivity index is 1.88. The van der Waals surface area contributed by atoms with Gasteiger partial charge in [0, 0.05) is 5.69 Å². The molecule has 2 aromatic carbocycles. The molecule has 1 atom stereocenters. The van der Waals surface area contributed by atoms with Crippen LogP contribution in [-0.2, 0) is 6.42 Å². The van der Waals surface area contributed by atoms with Gasteiger partial charge in [0.05, 0.1) is 12.6 Å². The fourth-order valence-corrected chi connectivity index (χ4v) is 2.80. The zero-order valence-electron chi connectivity index (χ0n) is 14.6. The summed E-state index contributed by atoms with van der Waals surface area (Å²) in [7, 11) is 0. The Morgan fingerprint density at radius 2 is 1.71 bits per heavy atom. The van der Waals surface area contributed by atoms with Crippen LogP contribution in [0.25, 0.3) is 0 Å². The van der Waals surface area contributed by atoms with Gasteiger partial charge in [0.2, 0.25) is 0 Å². The molecule has 0 bridgehead atoms. The van der Waals surface area contributed by atoms with Crippen molar-refractivity contribution < 1.29 is 4.74 Å². The predicted octanol–water partition coefficient (Wildman–Crippen LogP) is 5.09. The molecule has 128 valence electrons. The van der Waals surface area contributed by atoms with Crippen molar-refractivity contribution >= 4 is 23.0 Å². The second-order valence-electron chi connectivity index (χ2n) is 5.77. The van der Waals surface area contributed by atoms with Crippen LogP contribution in [0, 0.1) is 0 Å². The summed E-state index contributed by atoms with van der Waals surface area (Å²) >= 11 is 5.41. The first-order valence-electron chi connectivity index (χ1n) is 8.51. The number of anilines is 1. The van der Waals surface area contributed by atoms with Gasteiger partial charge in [-0.25, -0.2) is 0 Å². The molecule has 0 aromatic heterocycles. The summed E-state index contributed by atoms with van der Waals surface area (Å²) in [5, 5.41) is 7.15. The van der Waals surface area contributed by atoms with Crippen molar-refractivity contribution in [3.05, 3.63) is 59.7 Å². The minimum atomic E-state index is 0.156. The molecule has 0 heterocycles. The second kappa shape index (κ2) is 9.28. The van der Waals surface area contributed by atoms with Crippen LogP contribution < -0.4 is 15.4 Å². The van der Waals surface area contributed by atoms with Gasteiger partial charge in [-0.1, -0.05) is 37.6 Å². The first kappa shape index (κ1) is 18.3. The Morgan fingerprint density at radius 1 is 1.04 bits per heavy atom. The van der Waals surface area contributed by atoms with E-state index in [0.717, 1.165) is 17.9 Å². The van der Waals surface area contributed by atoms with Crippen LogP contribution in [-0.4, -0.2) is 11.7 Å². The highest BCUT2D eigenvalue weighted by atomic mass is 32.1. The zero-order chi connectivity index (χ0) is 17.4.